The Hall–Kier alpha value is -1.63. The van der Waals surface area contributed by atoms with Crippen LogP contribution in [-0.2, 0) is 9.31 Å². The third-order valence-corrected chi connectivity index (χ3v) is 4.42. The highest BCUT2D eigenvalue weighted by Crippen LogP contribution is 2.36. The van der Waals surface area contributed by atoms with E-state index in [1.165, 1.54) is 0 Å². The van der Waals surface area contributed by atoms with Gasteiger partial charge in [-0.1, -0.05) is 60.7 Å². The minimum absolute atomic E-state index is 0. The van der Waals surface area contributed by atoms with E-state index in [2.05, 4.69) is 27.7 Å². The van der Waals surface area contributed by atoms with Crippen molar-refractivity contribution in [2.24, 2.45) is 0 Å². The van der Waals surface area contributed by atoms with Gasteiger partial charge in [0, 0.05) is 0 Å². The molecule has 7 heteroatoms. The van der Waals surface area contributed by atoms with E-state index in [0.717, 1.165) is 5.46 Å². The standard InChI is InChI=1S/C12H17BO2.C6H7BO2.H2O/c1-11(2)12(3,4)15-13(14-11)10-8-6-5-7-9-10;8-7(9)6-4-2-1-3-5-6;/h5-9H,1-4H3;1-5,8-9H;1H2. The molecule has 25 heavy (non-hydrogen) atoms. The highest BCUT2D eigenvalue weighted by atomic mass is 16.7. The first-order chi connectivity index (χ1) is 11.2. The number of rotatable bonds is 2. The molecule has 1 saturated heterocycles. The fraction of sp³-hybridized carbons (Fsp3) is 0.333. The van der Waals surface area contributed by atoms with Crippen LogP contribution in [0.3, 0.4) is 0 Å². The maximum Gasteiger partial charge on any atom is 0.494 e. The van der Waals surface area contributed by atoms with E-state index < -0.39 is 7.12 Å². The SMILES string of the molecule is CC1(C)OB(c2ccccc2)OC1(C)C.O.OB(O)c1ccccc1. The van der Waals surface area contributed by atoms with Crippen LogP contribution in [-0.4, -0.2) is 41.0 Å². The number of hydrogen-bond acceptors (Lipinski definition) is 4. The average Bonchev–Trinajstić information content (AvgIpc) is 2.78. The summed E-state index contributed by atoms with van der Waals surface area (Å²) < 4.78 is 11.9. The summed E-state index contributed by atoms with van der Waals surface area (Å²) in [7, 11) is -1.58. The highest BCUT2D eigenvalue weighted by Gasteiger charge is 2.51. The van der Waals surface area contributed by atoms with Gasteiger partial charge in [-0.3, -0.25) is 0 Å². The van der Waals surface area contributed by atoms with Crippen molar-refractivity contribution in [3.8, 4) is 0 Å². The van der Waals surface area contributed by atoms with Crippen LogP contribution in [0.5, 0.6) is 0 Å². The zero-order valence-electron chi connectivity index (χ0n) is 15.1. The van der Waals surface area contributed by atoms with Crippen molar-refractivity contribution >= 4 is 25.2 Å². The number of benzene rings is 2. The van der Waals surface area contributed by atoms with Gasteiger partial charge in [-0.25, -0.2) is 0 Å². The molecule has 0 spiro atoms. The molecule has 1 heterocycles. The summed E-state index contributed by atoms with van der Waals surface area (Å²) in [6.07, 6.45) is 0. The summed E-state index contributed by atoms with van der Waals surface area (Å²) in [6.45, 7) is 8.26. The third kappa shape index (κ3) is 5.42. The van der Waals surface area contributed by atoms with E-state index in [-0.39, 0.29) is 23.8 Å². The van der Waals surface area contributed by atoms with E-state index >= 15 is 0 Å². The topological polar surface area (TPSA) is 90.4 Å². The van der Waals surface area contributed by atoms with Crippen LogP contribution in [0.15, 0.2) is 60.7 Å². The second kappa shape index (κ2) is 8.65. The fourth-order valence-electron chi connectivity index (χ4n) is 2.21. The Kier molecular flexibility index (Phi) is 7.41. The molecule has 4 N–H and O–H groups in total. The van der Waals surface area contributed by atoms with Crippen LogP contribution < -0.4 is 10.9 Å². The summed E-state index contributed by atoms with van der Waals surface area (Å²) in [6, 6.07) is 18.7. The Morgan fingerprint density at radius 1 is 0.760 bits per heavy atom. The van der Waals surface area contributed by atoms with Crippen LogP contribution in [0.2, 0.25) is 0 Å². The Morgan fingerprint density at radius 2 is 1.16 bits per heavy atom. The molecule has 0 amide bonds. The van der Waals surface area contributed by atoms with Crippen molar-refractivity contribution in [1.82, 2.24) is 0 Å². The molecule has 1 fully saturated rings. The molecule has 2 aromatic rings. The summed E-state index contributed by atoms with van der Waals surface area (Å²) in [5, 5.41) is 17.2. The molecule has 0 bridgehead atoms. The van der Waals surface area contributed by atoms with Gasteiger partial charge in [-0.05, 0) is 38.6 Å². The monoisotopic (exact) mass is 344 g/mol. The van der Waals surface area contributed by atoms with Crippen molar-refractivity contribution < 1.29 is 24.8 Å². The van der Waals surface area contributed by atoms with E-state index in [9.17, 15) is 0 Å². The van der Waals surface area contributed by atoms with Crippen LogP contribution >= 0.6 is 0 Å². The van der Waals surface area contributed by atoms with E-state index in [0.29, 0.717) is 5.46 Å². The third-order valence-electron chi connectivity index (χ3n) is 4.42. The molecule has 0 aliphatic carbocycles. The Morgan fingerprint density at radius 3 is 1.52 bits per heavy atom. The highest BCUT2D eigenvalue weighted by molar-refractivity contribution is 6.62. The second-order valence-corrected chi connectivity index (χ2v) is 6.78. The summed E-state index contributed by atoms with van der Waals surface area (Å²) >= 11 is 0. The first-order valence-corrected chi connectivity index (χ1v) is 8.04. The fourth-order valence-corrected chi connectivity index (χ4v) is 2.21. The van der Waals surface area contributed by atoms with Crippen molar-refractivity contribution in [2.75, 3.05) is 0 Å². The molecular weight excluding hydrogens is 318 g/mol. The van der Waals surface area contributed by atoms with Crippen molar-refractivity contribution in [3.05, 3.63) is 60.7 Å². The molecule has 3 rings (SSSR count). The lowest BCUT2D eigenvalue weighted by atomic mass is 9.79. The molecule has 1 aliphatic rings. The predicted octanol–water partition coefficient (Wildman–Crippen LogP) is 0.527. The summed E-state index contributed by atoms with van der Waals surface area (Å²) in [5.41, 5.74) is 1.09. The lowest BCUT2D eigenvalue weighted by molar-refractivity contribution is 0.00578. The lowest BCUT2D eigenvalue weighted by Gasteiger charge is -2.32. The Balaban J connectivity index is 0.000000270. The molecule has 0 radical (unpaired) electrons. The normalized spacial score (nSPS) is 17.1. The maximum atomic E-state index is 8.58. The maximum absolute atomic E-state index is 8.58. The molecule has 134 valence electrons. The zero-order chi connectivity index (χ0) is 17.8. The van der Waals surface area contributed by atoms with Gasteiger partial charge in [0.05, 0.1) is 11.2 Å². The second-order valence-electron chi connectivity index (χ2n) is 6.78. The van der Waals surface area contributed by atoms with Gasteiger partial charge in [0.1, 0.15) is 0 Å². The van der Waals surface area contributed by atoms with Gasteiger partial charge in [-0.15, -0.1) is 0 Å². The van der Waals surface area contributed by atoms with Gasteiger partial charge < -0.3 is 24.8 Å². The largest absolute Gasteiger partial charge is 0.494 e. The van der Waals surface area contributed by atoms with Gasteiger partial charge in [-0.2, -0.15) is 0 Å². The predicted molar refractivity (Wildman–Crippen MR) is 102 cm³/mol. The first kappa shape index (κ1) is 21.4. The first-order valence-electron chi connectivity index (χ1n) is 8.04. The molecule has 0 atom stereocenters. The molecule has 0 saturated carbocycles. The summed E-state index contributed by atoms with van der Waals surface area (Å²) in [5.74, 6) is 0. The molecule has 0 aromatic heterocycles. The van der Waals surface area contributed by atoms with Crippen molar-refractivity contribution in [1.29, 1.82) is 0 Å². The van der Waals surface area contributed by atoms with Crippen LogP contribution in [0.1, 0.15) is 27.7 Å². The van der Waals surface area contributed by atoms with Crippen molar-refractivity contribution in [2.45, 2.75) is 38.9 Å². The minimum atomic E-state index is -1.34. The van der Waals surface area contributed by atoms with Crippen LogP contribution in [0.25, 0.3) is 0 Å². The van der Waals surface area contributed by atoms with E-state index in [1.54, 1.807) is 24.3 Å². The van der Waals surface area contributed by atoms with Crippen LogP contribution in [0, 0.1) is 0 Å². The minimum Gasteiger partial charge on any atom is -0.423 e. The lowest BCUT2D eigenvalue weighted by Crippen LogP contribution is -2.41. The molecule has 0 unspecified atom stereocenters. The molecular formula is C18H26B2O5. The van der Waals surface area contributed by atoms with Gasteiger partial charge in [0.2, 0.25) is 0 Å². The quantitative estimate of drug-likeness (QED) is 0.778. The number of hydrogen-bond donors (Lipinski definition) is 2. The smallest absolute Gasteiger partial charge is 0.423 e. The Labute approximate surface area is 150 Å². The van der Waals surface area contributed by atoms with Gasteiger partial charge in [0.25, 0.3) is 0 Å². The van der Waals surface area contributed by atoms with E-state index in [1.807, 2.05) is 36.4 Å². The van der Waals surface area contributed by atoms with Crippen LogP contribution in [0.4, 0.5) is 0 Å². The van der Waals surface area contributed by atoms with Crippen molar-refractivity contribution in [3.63, 3.8) is 0 Å². The Bertz CT molecular complexity index is 616. The molecule has 1 aliphatic heterocycles. The zero-order valence-corrected chi connectivity index (χ0v) is 15.1. The van der Waals surface area contributed by atoms with E-state index in [4.69, 9.17) is 19.4 Å². The van der Waals surface area contributed by atoms with Gasteiger partial charge >= 0.3 is 14.2 Å². The average molecular weight is 344 g/mol. The molecule has 2 aromatic carbocycles. The molecule has 5 nitrogen and oxygen atoms in total. The summed E-state index contributed by atoms with van der Waals surface area (Å²) in [4.78, 5) is 0. The van der Waals surface area contributed by atoms with Gasteiger partial charge in [0.15, 0.2) is 0 Å².